The van der Waals surface area contributed by atoms with Gasteiger partial charge < -0.3 is 5.11 Å². The van der Waals surface area contributed by atoms with E-state index in [1.54, 1.807) is 0 Å². The largest absolute Gasteiger partial charge is 0.478 e. The van der Waals surface area contributed by atoms with E-state index in [2.05, 4.69) is 20.4 Å². The smallest absolute Gasteiger partial charge is 0.434 e. The van der Waals surface area contributed by atoms with Crippen molar-refractivity contribution in [3.05, 3.63) is 72.2 Å². The lowest BCUT2D eigenvalue weighted by molar-refractivity contribution is -0.143. The molecule has 4 rings (SSSR count). The van der Waals surface area contributed by atoms with Crippen LogP contribution in [0.5, 0.6) is 0 Å². The van der Waals surface area contributed by atoms with Crippen LogP contribution in [0.25, 0.3) is 22.6 Å². The highest BCUT2D eigenvalue weighted by molar-refractivity contribution is 5.89. The Morgan fingerprint density at radius 2 is 1.80 bits per heavy atom. The van der Waals surface area contributed by atoms with Crippen LogP contribution in [0.3, 0.4) is 0 Å². The topological polar surface area (TPSA) is 98.7 Å². The van der Waals surface area contributed by atoms with Crippen LogP contribution in [0.15, 0.2) is 55.1 Å². The van der Waals surface area contributed by atoms with Gasteiger partial charge in [0.05, 0.1) is 24.3 Å². The molecule has 0 unspecified atom stereocenters. The predicted octanol–water partition coefficient (Wildman–Crippen LogP) is 3.37. The zero-order valence-electron chi connectivity index (χ0n) is 14.7. The zero-order chi connectivity index (χ0) is 21.5. The average molecular weight is 418 g/mol. The summed E-state index contributed by atoms with van der Waals surface area (Å²) >= 11 is 0. The van der Waals surface area contributed by atoms with E-state index in [1.165, 1.54) is 47.4 Å². The van der Waals surface area contributed by atoms with E-state index in [9.17, 15) is 22.4 Å². The summed E-state index contributed by atoms with van der Waals surface area (Å²) in [6.45, 7) is 0. The third kappa shape index (κ3) is 3.38. The van der Waals surface area contributed by atoms with Gasteiger partial charge >= 0.3 is 12.1 Å². The van der Waals surface area contributed by atoms with Crippen molar-refractivity contribution in [2.75, 3.05) is 0 Å². The Kier molecular flexibility index (Phi) is 4.53. The molecule has 0 amide bonds. The summed E-state index contributed by atoms with van der Waals surface area (Å²) in [6, 6.07) is 7.00. The molecule has 30 heavy (non-hydrogen) atoms. The normalized spacial score (nSPS) is 11.6. The summed E-state index contributed by atoms with van der Waals surface area (Å²) in [5.74, 6) is -2.33. The number of pyridine rings is 1. The van der Waals surface area contributed by atoms with Crippen LogP contribution in [-0.2, 0) is 6.18 Å². The maximum Gasteiger partial charge on any atom is 0.434 e. The molecule has 0 aliphatic carbocycles. The molecule has 0 atom stereocenters. The van der Waals surface area contributed by atoms with Crippen molar-refractivity contribution in [2.24, 2.45) is 0 Å². The van der Waals surface area contributed by atoms with E-state index < -0.39 is 29.2 Å². The van der Waals surface area contributed by atoms with Crippen LogP contribution in [-0.4, -0.2) is 40.8 Å². The highest BCUT2D eigenvalue weighted by atomic mass is 19.4. The van der Waals surface area contributed by atoms with Gasteiger partial charge in [-0.25, -0.2) is 18.5 Å². The molecule has 0 bridgehead atoms. The van der Waals surface area contributed by atoms with E-state index in [0.29, 0.717) is 22.1 Å². The van der Waals surface area contributed by atoms with Crippen molar-refractivity contribution in [2.45, 2.75) is 6.18 Å². The average Bonchev–Trinajstić information content (AvgIpc) is 3.36. The van der Waals surface area contributed by atoms with Crippen LogP contribution >= 0.6 is 0 Å². The third-order valence-electron chi connectivity index (χ3n) is 4.17. The number of alkyl halides is 3. The Labute approximate surface area is 165 Å². The molecule has 0 aliphatic rings. The molecule has 4 aromatic rings. The second kappa shape index (κ2) is 7.06. The van der Waals surface area contributed by atoms with E-state index in [-0.39, 0.29) is 11.4 Å². The van der Waals surface area contributed by atoms with Gasteiger partial charge in [0, 0.05) is 11.8 Å². The minimum absolute atomic E-state index is 0.00569. The van der Waals surface area contributed by atoms with Crippen molar-refractivity contribution >= 4 is 5.97 Å². The van der Waals surface area contributed by atoms with Gasteiger partial charge in [0.1, 0.15) is 16.9 Å². The molecule has 0 saturated heterocycles. The second-order valence-electron chi connectivity index (χ2n) is 6.04. The first-order valence-corrected chi connectivity index (χ1v) is 8.27. The number of rotatable bonds is 4. The van der Waals surface area contributed by atoms with E-state index in [1.807, 2.05) is 0 Å². The van der Waals surface area contributed by atoms with Crippen molar-refractivity contribution in [1.82, 2.24) is 29.8 Å². The van der Waals surface area contributed by atoms with Gasteiger partial charge in [-0.05, 0) is 18.2 Å². The van der Waals surface area contributed by atoms with Gasteiger partial charge in [0.25, 0.3) is 0 Å². The van der Waals surface area contributed by atoms with Crippen LogP contribution in [0.2, 0.25) is 0 Å². The lowest BCUT2D eigenvalue weighted by atomic mass is 10.1. The maximum atomic E-state index is 13.8. The van der Waals surface area contributed by atoms with Gasteiger partial charge in [0.15, 0.2) is 11.5 Å². The number of nitrogens with zero attached hydrogens (tertiary/aromatic N) is 6. The predicted molar refractivity (Wildman–Crippen MR) is 93.6 cm³/mol. The molecule has 1 N–H and O–H groups in total. The summed E-state index contributed by atoms with van der Waals surface area (Å²) < 4.78 is 55.6. The van der Waals surface area contributed by atoms with Gasteiger partial charge in [0.2, 0.25) is 0 Å². The number of carboxylic acids is 1. The van der Waals surface area contributed by atoms with Gasteiger partial charge in [-0.3, -0.25) is 4.98 Å². The standard InChI is InChI=1S/C18H10F4N6O2/c19-13-8-23-6-5-15(13)27-9-14(25-26-27)10-1-3-11(4-2-10)28-16(18(20,21)22)12(7-24-28)17(29)30/h1-9H,(H,29,30). The summed E-state index contributed by atoms with van der Waals surface area (Å²) in [5.41, 5.74) is -1.35. The monoisotopic (exact) mass is 418 g/mol. The lowest BCUT2D eigenvalue weighted by Crippen LogP contribution is -2.17. The number of halogens is 4. The summed E-state index contributed by atoms with van der Waals surface area (Å²) in [4.78, 5) is 14.7. The number of benzene rings is 1. The number of aromatic nitrogens is 6. The quantitative estimate of drug-likeness (QED) is 0.511. The molecule has 152 valence electrons. The molecule has 3 heterocycles. The van der Waals surface area contributed by atoms with E-state index in [0.717, 1.165) is 6.20 Å². The molecular weight excluding hydrogens is 408 g/mol. The van der Waals surface area contributed by atoms with Gasteiger partial charge in [-0.15, -0.1) is 5.10 Å². The fourth-order valence-electron chi connectivity index (χ4n) is 2.81. The van der Waals surface area contributed by atoms with Crippen molar-refractivity contribution < 1.29 is 27.5 Å². The van der Waals surface area contributed by atoms with E-state index >= 15 is 0 Å². The van der Waals surface area contributed by atoms with Crippen LogP contribution in [0, 0.1) is 5.82 Å². The fourth-order valence-corrected chi connectivity index (χ4v) is 2.81. The molecule has 0 radical (unpaired) electrons. The second-order valence-corrected chi connectivity index (χ2v) is 6.04. The van der Waals surface area contributed by atoms with E-state index in [4.69, 9.17) is 5.11 Å². The van der Waals surface area contributed by atoms with Crippen molar-refractivity contribution in [3.63, 3.8) is 0 Å². The molecule has 12 heteroatoms. The van der Waals surface area contributed by atoms with Crippen LogP contribution in [0.1, 0.15) is 16.1 Å². The Bertz CT molecular complexity index is 1230. The number of carboxylic acid groups (broad SMARTS) is 1. The molecular formula is C18H10F4N6O2. The van der Waals surface area contributed by atoms with Crippen molar-refractivity contribution in [1.29, 1.82) is 0 Å². The molecule has 1 aromatic carbocycles. The number of hydrogen-bond acceptors (Lipinski definition) is 5. The van der Waals surface area contributed by atoms with Gasteiger partial charge in [-0.2, -0.15) is 18.3 Å². The summed E-state index contributed by atoms with van der Waals surface area (Å²) in [5, 5.41) is 20.3. The Morgan fingerprint density at radius 1 is 1.07 bits per heavy atom. The molecule has 0 saturated carbocycles. The SMILES string of the molecule is O=C(O)c1cnn(-c2ccc(-c3cn(-c4ccncc4F)nn3)cc2)c1C(F)(F)F. The summed E-state index contributed by atoms with van der Waals surface area (Å²) in [7, 11) is 0. The number of aromatic carboxylic acids is 1. The first-order chi connectivity index (χ1) is 14.3. The lowest BCUT2D eigenvalue weighted by Gasteiger charge is -2.11. The minimum Gasteiger partial charge on any atom is -0.478 e. The Morgan fingerprint density at radius 3 is 2.43 bits per heavy atom. The zero-order valence-corrected chi connectivity index (χ0v) is 14.7. The third-order valence-corrected chi connectivity index (χ3v) is 4.17. The maximum absolute atomic E-state index is 13.8. The minimum atomic E-state index is -4.92. The number of carbonyl (C=O) groups is 1. The molecule has 0 fully saturated rings. The molecule has 0 aliphatic heterocycles. The van der Waals surface area contributed by atoms with Gasteiger partial charge in [-0.1, -0.05) is 17.3 Å². The first-order valence-electron chi connectivity index (χ1n) is 8.27. The van der Waals surface area contributed by atoms with Crippen LogP contribution < -0.4 is 0 Å². The Hall–Kier alpha value is -4.09. The summed E-state index contributed by atoms with van der Waals surface area (Å²) in [6.07, 6.45) is -0.402. The Balaban J connectivity index is 1.69. The van der Waals surface area contributed by atoms with Crippen molar-refractivity contribution in [3.8, 4) is 22.6 Å². The number of hydrogen-bond donors (Lipinski definition) is 1. The highest BCUT2D eigenvalue weighted by Crippen LogP contribution is 2.34. The fraction of sp³-hybridized carbons (Fsp3) is 0.0556. The first kappa shape index (κ1) is 19.2. The highest BCUT2D eigenvalue weighted by Gasteiger charge is 2.40. The van der Waals surface area contributed by atoms with Crippen LogP contribution in [0.4, 0.5) is 17.6 Å². The molecule has 0 spiro atoms. The molecule has 3 aromatic heterocycles. The molecule has 8 nitrogen and oxygen atoms in total.